The van der Waals surface area contributed by atoms with Crippen molar-refractivity contribution in [2.75, 3.05) is 12.3 Å². The van der Waals surface area contributed by atoms with Crippen molar-refractivity contribution in [3.05, 3.63) is 36.8 Å². The topological polar surface area (TPSA) is 106 Å². The normalized spacial score (nSPS) is 32.6. The van der Waals surface area contributed by atoms with Gasteiger partial charge in [0.15, 0.2) is 6.17 Å². The molecule has 0 bridgehead atoms. The summed E-state index contributed by atoms with van der Waals surface area (Å²) in [6, 6.07) is 1.60. The smallest absolute Gasteiger partial charge is 0.207 e. The molecule has 2 aromatic heterocycles. The highest BCUT2D eigenvalue weighted by molar-refractivity contribution is 5.48. The van der Waals surface area contributed by atoms with E-state index in [1.807, 2.05) is 0 Å². The first-order valence-corrected chi connectivity index (χ1v) is 6.35. The largest absolute Gasteiger partial charge is 0.393 e. The second-order valence-electron chi connectivity index (χ2n) is 4.98. The fraction of sp³-hybridized carbons (Fsp3) is 0.385. The van der Waals surface area contributed by atoms with Crippen molar-refractivity contribution < 1.29 is 19.3 Å². The van der Waals surface area contributed by atoms with Crippen LogP contribution < -0.4 is 5.73 Å². The number of rotatable bonds is 3. The number of aromatic nitrogens is 3. The van der Waals surface area contributed by atoms with Crippen LogP contribution in [0.2, 0.25) is 0 Å². The molecule has 0 radical (unpaired) electrons. The molecule has 1 aliphatic heterocycles. The van der Waals surface area contributed by atoms with Crippen LogP contribution in [0.4, 0.5) is 10.3 Å². The molecule has 0 saturated carbocycles. The first-order chi connectivity index (χ1) is 10.0. The molecule has 0 aromatic carbocycles. The molecule has 2 aromatic rings. The molecular weight excluding hydrogens is 279 g/mol. The summed E-state index contributed by atoms with van der Waals surface area (Å²) >= 11 is 0. The molecule has 4 atom stereocenters. The van der Waals surface area contributed by atoms with Gasteiger partial charge >= 0.3 is 0 Å². The van der Waals surface area contributed by atoms with Crippen molar-refractivity contribution in [2.24, 2.45) is 0 Å². The van der Waals surface area contributed by atoms with E-state index in [9.17, 15) is 14.6 Å². The van der Waals surface area contributed by atoms with Gasteiger partial charge in [0.25, 0.3) is 0 Å². The van der Waals surface area contributed by atoms with Crippen LogP contribution in [0.5, 0.6) is 0 Å². The van der Waals surface area contributed by atoms with Crippen LogP contribution in [0.15, 0.2) is 31.2 Å². The molecule has 21 heavy (non-hydrogen) atoms. The van der Waals surface area contributed by atoms with Gasteiger partial charge in [0.1, 0.15) is 29.8 Å². The van der Waals surface area contributed by atoms with Crippen molar-refractivity contribution >= 4 is 11.6 Å². The van der Waals surface area contributed by atoms with E-state index in [1.54, 1.807) is 12.3 Å². The molecule has 3 heterocycles. The fourth-order valence-electron chi connectivity index (χ4n) is 2.54. The average Bonchev–Trinajstić information content (AvgIpc) is 3.02. The van der Waals surface area contributed by atoms with Crippen LogP contribution in [0.3, 0.4) is 0 Å². The monoisotopic (exact) mass is 294 g/mol. The lowest BCUT2D eigenvalue weighted by molar-refractivity contribution is -0.0787. The number of anilines is 1. The van der Waals surface area contributed by atoms with Gasteiger partial charge in [-0.1, -0.05) is 6.08 Å². The van der Waals surface area contributed by atoms with E-state index < -0.39 is 30.6 Å². The first kappa shape index (κ1) is 13.9. The highest BCUT2D eigenvalue weighted by Crippen LogP contribution is 2.42. The number of aliphatic hydroxyl groups excluding tert-OH is 2. The molecule has 1 aliphatic rings. The molecular formula is C13H15FN4O3. The lowest BCUT2D eigenvalue weighted by atomic mass is 9.95. The third-order valence-corrected chi connectivity index (χ3v) is 3.81. The quantitative estimate of drug-likeness (QED) is 0.688. The second kappa shape index (κ2) is 4.76. The zero-order valence-corrected chi connectivity index (χ0v) is 11.1. The summed E-state index contributed by atoms with van der Waals surface area (Å²) in [4.78, 5) is 7.85. The molecule has 7 nitrogen and oxygen atoms in total. The van der Waals surface area contributed by atoms with Gasteiger partial charge in [-0.15, -0.1) is 6.58 Å². The number of nitrogens with two attached hydrogens (primary N) is 1. The third-order valence-electron chi connectivity index (χ3n) is 3.81. The molecule has 1 fully saturated rings. The minimum atomic E-state index is -1.71. The van der Waals surface area contributed by atoms with E-state index in [2.05, 4.69) is 16.5 Å². The van der Waals surface area contributed by atoms with Crippen molar-refractivity contribution in [3.8, 4) is 0 Å². The number of fused-ring (bicyclic) bond motifs is 1. The van der Waals surface area contributed by atoms with E-state index in [0.717, 1.165) is 0 Å². The molecule has 0 unspecified atom stereocenters. The van der Waals surface area contributed by atoms with Crippen molar-refractivity contribution in [3.63, 3.8) is 0 Å². The fourth-order valence-corrected chi connectivity index (χ4v) is 2.54. The van der Waals surface area contributed by atoms with Gasteiger partial charge in [-0.2, -0.15) is 0 Å². The zero-order valence-electron chi connectivity index (χ0n) is 11.1. The maximum absolute atomic E-state index is 14.4. The summed E-state index contributed by atoms with van der Waals surface area (Å²) < 4.78 is 21.4. The molecule has 3 rings (SSSR count). The molecule has 1 saturated heterocycles. The summed E-state index contributed by atoms with van der Waals surface area (Å²) in [7, 11) is 0. The molecule has 8 heteroatoms. The summed E-state index contributed by atoms with van der Waals surface area (Å²) in [6.45, 7) is 2.93. The number of nitrogen functional groups attached to an aromatic ring is 1. The van der Waals surface area contributed by atoms with Crippen LogP contribution in [-0.2, 0) is 4.74 Å². The van der Waals surface area contributed by atoms with Gasteiger partial charge in [-0.05, 0) is 6.07 Å². The van der Waals surface area contributed by atoms with Crippen LogP contribution in [0.1, 0.15) is 11.7 Å². The van der Waals surface area contributed by atoms with Gasteiger partial charge in [0, 0.05) is 11.8 Å². The van der Waals surface area contributed by atoms with Gasteiger partial charge < -0.3 is 20.7 Å². The van der Waals surface area contributed by atoms with E-state index in [1.165, 1.54) is 16.8 Å². The highest BCUT2D eigenvalue weighted by Gasteiger charge is 2.54. The third kappa shape index (κ3) is 1.91. The maximum atomic E-state index is 14.4. The number of halogens is 1. The van der Waals surface area contributed by atoms with E-state index >= 15 is 0 Å². The number of hydrogen-bond acceptors (Lipinski definition) is 6. The average molecular weight is 294 g/mol. The Balaban J connectivity index is 2.03. The number of ether oxygens (including phenoxy) is 1. The predicted molar refractivity (Wildman–Crippen MR) is 72.1 cm³/mol. The Labute approximate surface area is 119 Å². The van der Waals surface area contributed by atoms with Gasteiger partial charge in [-0.3, -0.25) is 4.40 Å². The molecule has 0 spiro atoms. The Bertz CT molecular complexity index is 691. The Hall–Kier alpha value is -2.03. The maximum Gasteiger partial charge on any atom is 0.207 e. The predicted octanol–water partition coefficient (Wildman–Crippen LogP) is -0.00110. The van der Waals surface area contributed by atoms with E-state index in [0.29, 0.717) is 11.2 Å². The molecule has 0 aliphatic carbocycles. The lowest BCUT2D eigenvalue weighted by Crippen LogP contribution is -2.43. The number of aliphatic hydroxyl groups is 2. The number of nitrogens with zero attached hydrogens (tertiary/aromatic N) is 3. The summed E-state index contributed by atoms with van der Waals surface area (Å²) in [6.07, 6.45) is -0.197. The van der Waals surface area contributed by atoms with E-state index in [4.69, 9.17) is 10.5 Å². The summed E-state index contributed by atoms with van der Waals surface area (Å²) in [5, 5.41) is 19.4. The number of alkyl halides is 1. The van der Waals surface area contributed by atoms with Gasteiger partial charge in [0.2, 0.25) is 5.95 Å². The standard InChI is InChI=1S/C13H15FN4O3/c1-2-13(5-19)11(20)9(14)10(21-13)7-3-8-16-6-17-12(15)18(8)4-7/h2-4,6,9-11,19-20H,1,5H2,(H2,15,16,17)/t9-,10-,11-,13+/m0/s1. The molecule has 4 N–H and O–H groups in total. The van der Waals surface area contributed by atoms with Crippen LogP contribution >= 0.6 is 0 Å². The van der Waals surface area contributed by atoms with Crippen LogP contribution in [-0.4, -0.2) is 49.1 Å². The SMILES string of the molecule is C=C[C@]1(CO)O[C@@H](c2cc3ncnc(N)n3c2)[C@H](F)[C@@H]1O. The second-order valence-corrected chi connectivity index (χ2v) is 4.98. The first-order valence-electron chi connectivity index (χ1n) is 6.35. The van der Waals surface area contributed by atoms with Crippen molar-refractivity contribution in [1.82, 2.24) is 14.4 Å². The minimum Gasteiger partial charge on any atom is -0.393 e. The highest BCUT2D eigenvalue weighted by atomic mass is 19.1. The van der Waals surface area contributed by atoms with E-state index in [-0.39, 0.29) is 5.95 Å². The van der Waals surface area contributed by atoms with Gasteiger partial charge in [-0.25, -0.2) is 14.4 Å². The summed E-state index contributed by atoms with van der Waals surface area (Å²) in [5.41, 5.74) is 5.13. The lowest BCUT2D eigenvalue weighted by Gasteiger charge is -2.25. The Morgan fingerprint density at radius 2 is 2.33 bits per heavy atom. The molecule has 0 amide bonds. The van der Waals surface area contributed by atoms with Crippen LogP contribution in [0, 0.1) is 0 Å². The Morgan fingerprint density at radius 3 is 2.90 bits per heavy atom. The van der Waals surface area contributed by atoms with Crippen LogP contribution in [0.25, 0.3) is 5.65 Å². The number of hydrogen-bond donors (Lipinski definition) is 3. The van der Waals surface area contributed by atoms with Crippen molar-refractivity contribution in [2.45, 2.75) is 24.0 Å². The Morgan fingerprint density at radius 1 is 1.57 bits per heavy atom. The minimum absolute atomic E-state index is 0.206. The van der Waals surface area contributed by atoms with Crippen molar-refractivity contribution in [1.29, 1.82) is 0 Å². The zero-order chi connectivity index (χ0) is 15.2. The van der Waals surface area contributed by atoms with Gasteiger partial charge in [0.05, 0.1) is 6.61 Å². The summed E-state index contributed by atoms with van der Waals surface area (Å²) in [5.74, 6) is 0.206. The Kier molecular flexibility index (Phi) is 3.16. The molecule has 112 valence electrons.